The number of ether oxygens (including phenoxy) is 2. The molecule has 3 heterocycles. The lowest BCUT2D eigenvalue weighted by atomic mass is 9.84. The van der Waals surface area contributed by atoms with Gasteiger partial charge in [0.25, 0.3) is 0 Å². The van der Waals surface area contributed by atoms with Gasteiger partial charge in [-0.2, -0.15) is 0 Å². The molecule has 3 aliphatic rings. The van der Waals surface area contributed by atoms with E-state index >= 15 is 0 Å². The van der Waals surface area contributed by atoms with Crippen molar-refractivity contribution in [1.29, 1.82) is 0 Å². The van der Waals surface area contributed by atoms with Crippen LogP contribution in [0.3, 0.4) is 0 Å². The fourth-order valence-electron chi connectivity index (χ4n) is 5.27. The molecule has 0 unspecified atom stereocenters. The Morgan fingerprint density at radius 3 is 2.29 bits per heavy atom. The molecule has 0 bridgehead atoms. The summed E-state index contributed by atoms with van der Waals surface area (Å²) >= 11 is 0. The lowest BCUT2D eigenvalue weighted by Crippen LogP contribution is -2.62. The largest absolute Gasteiger partial charge is 0.385 e. The van der Waals surface area contributed by atoms with E-state index in [9.17, 15) is 0 Å². The molecule has 8 heteroatoms. The molecular formula is C23H46IN5O2. The Balaban J connectivity index is 0.00000341. The van der Waals surface area contributed by atoms with Crippen LogP contribution in [0.5, 0.6) is 0 Å². The molecule has 0 aromatic carbocycles. The highest BCUT2D eigenvalue weighted by Crippen LogP contribution is 2.31. The highest BCUT2D eigenvalue weighted by molar-refractivity contribution is 14.0. The van der Waals surface area contributed by atoms with E-state index in [1.807, 2.05) is 7.05 Å². The van der Waals surface area contributed by atoms with E-state index in [-0.39, 0.29) is 29.5 Å². The molecule has 0 aromatic heterocycles. The van der Waals surface area contributed by atoms with Crippen LogP contribution in [0.15, 0.2) is 4.99 Å². The molecule has 182 valence electrons. The summed E-state index contributed by atoms with van der Waals surface area (Å²) < 4.78 is 11.1. The number of methoxy groups -OCH3 is 1. The zero-order valence-corrected chi connectivity index (χ0v) is 22.4. The average Bonchev–Trinajstić information content (AvgIpc) is 2.80. The first kappa shape index (κ1) is 27.1. The summed E-state index contributed by atoms with van der Waals surface area (Å²) in [5.41, 5.74) is 0.283. The quantitative estimate of drug-likeness (QED) is 0.217. The van der Waals surface area contributed by atoms with Crippen molar-refractivity contribution >= 4 is 29.9 Å². The molecule has 0 atom stereocenters. The topological polar surface area (TPSA) is 52.6 Å². The lowest BCUT2D eigenvalue weighted by molar-refractivity contribution is 0.00789. The van der Waals surface area contributed by atoms with Crippen molar-refractivity contribution < 1.29 is 9.47 Å². The third-order valence-corrected chi connectivity index (χ3v) is 7.32. The van der Waals surface area contributed by atoms with Gasteiger partial charge in [0.05, 0.1) is 6.10 Å². The maximum absolute atomic E-state index is 6.03. The Morgan fingerprint density at radius 2 is 1.68 bits per heavy atom. The van der Waals surface area contributed by atoms with Crippen LogP contribution in [0.1, 0.15) is 51.4 Å². The summed E-state index contributed by atoms with van der Waals surface area (Å²) in [7, 11) is 5.93. The van der Waals surface area contributed by atoms with Gasteiger partial charge in [0.1, 0.15) is 0 Å². The van der Waals surface area contributed by atoms with E-state index in [0.717, 1.165) is 58.1 Å². The van der Waals surface area contributed by atoms with Crippen LogP contribution in [-0.4, -0.2) is 113 Å². The highest BCUT2D eigenvalue weighted by atomic mass is 127. The molecule has 0 saturated carbocycles. The molecule has 0 aromatic rings. The summed E-state index contributed by atoms with van der Waals surface area (Å²) in [6.07, 6.45) is 10.1. The molecule has 3 fully saturated rings. The molecule has 3 saturated heterocycles. The number of hydrogen-bond donors (Lipinski definition) is 1. The van der Waals surface area contributed by atoms with Crippen molar-refractivity contribution in [3.63, 3.8) is 0 Å². The Morgan fingerprint density at radius 1 is 1.00 bits per heavy atom. The van der Waals surface area contributed by atoms with E-state index in [1.165, 1.54) is 58.3 Å². The number of guanidine groups is 1. The minimum absolute atomic E-state index is 0. The maximum atomic E-state index is 6.03. The first-order valence-electron chi connectivity index (χ1n) is 12.2. The summed E-state index contributed by atoms with van der Waals surface area (Å²) in [4.78, 5) is 12.3. The molecular weight excluding hydrogens is 505 g/mol. The van der Waals surface area contributed by atoms with Crippen LogP contribution in [0.4, 0.5) is 0 Å². The van der Waals surface area contributed by atoms with E-state index in [1.54, 1.807) is 7.11 Å². The van der Waals surface area contributed by atoms with E-state index in [4.69, 9.17) is 9.47 Å². The van der Waals surface area contributed by atoms with Crippen molar-refractivity contribution in [1.82, 2.24) is 20.0 Å². The molecule has 3 rings (SSSR count). The SMILES string of the molecule is CN=C(NCC1(N2CCCCC2)CCN(C)CC1)N1CCC(OCCCOC)CC1.I. The number of nitrogens with one attached hydrogen (secondary N) is 1. The Kier molecular flexibility index (Phi) is 12.4. The minimum Gasteiger partial charge on any atom is -0.385 e. The Labute approximate surface area is 207 Å². The number of aliphatic imine (C=N–C) groups is 1. The van der Waals surface area contributed by atoms with Gasteiger partial charge >= 0.3 is 0 Å². The van der Waals surface area contributed by atoms with E-state index < -0.39 is 0 Å². The number of rotatable bonds is 8. The first-order valence-corrected chi connectivity index (χ1v) is 12.2. The second-order valence-corrected chi connectivity index (χ2v) is 9.38. The molecule has 1 N–H and O–H groups in total. The van der Waals surface area contributed by atoms with Gasteiger partial charge in [-0.1, -0.05) is 6.42 Å². The molecule has 0 amide bonds. The van der Waals surface area contributed by atoms with Gasteiger partial charge < -0.3 is 24.6 Å². The third-order valence-electron chi connectivity index (χ3n) is 7.32. The van der Waals surface area contributed by atoms with Gasteiger partial charge in [0.15, 0.2) is 5.96 Å². The average molecular weight is 552 g/mol. The zero-order valence-electron chi connectivity index (χ0n) is 20.1. The van der Waals surface area contributed by atoms with Crippen LogP contribution < -0.4 is 5.32 Å². The van der Waals surface area contributed by atoms with Gasteiger partial charge in [0, 0.05) is 52.5 Å². The number of nitrogens with zero attached hydrogens (tertiary/aromatic N) is 4. The zero-order chi connectivity index (χ0) is 21.2. The molecule has 31 heavy (non-hydrogen) atoms. The van der Waals surface area contributed by atoms with Gasteiger partial charge in [-0.3, -0.25) is 9.89 Å². The van der Waals surface area contributed by atoms with Crippen LogP contribution in [0, 0.1) is 0 Å². The van der Waals surface area contributed by atoms with Crippen LogP contribution in [0.25, 0.3) is 0 Å². The lowest BCUT2D eigenvalue weighted by Gasteiger charge is -2.50. The fourth-order valence-corrected chi connectivity index (χ4v) is 5.27. The second-order valence-electron chi connectivity index (χ2n) is 9.38. The summed E-state index contributed by atoms with van der Waals surface area (Å²) in [5, 5.41) is 3.79. The molecule has 3 aliphatic heterocycles. The van der Waals surface area contributed by atoms with Crippen molar-refractivity contribution in [2.45, 2.75) is 63.0 Å². The first-order chi connectivity index (χ1) is 14.7. The van der Waals surface area contributed by atoms with Crippen LogP contribution in [0.2, 0.25) is 0 Å². The molecule has 7 nitrogen and oxygen atoms in total. The van der Waals surface area contributed by atoms with Crippen molar-refractivity contribution in [2.24, 2.45) is 4.99 Å². The summed E-state index contributed by atoms with van der Waals surface area (Å²) in [6, 6.07) is 0. The van der Waals surface area contributed by atoms with Crippen molar-refractivity contribution in [2.75, 3.05) is 80.2 Å². The smallest absolute Gasteiger partial charge is 0.193 e. The molecule has 0 radical (unpaired) electrons. The van der Waals surface area contributed by atoms with Crippen molar-refractivity contribution in [3.05, 3.63) is 0 Å². The number of likely N-dealkylation sites (tertiary alicyclic amines) is 3. The Hall–Kier alpha value is -0.160. The second kappa shape index (κ2) is 14.2. The van der Waals surface area contributed by atoms with Crippen LogP contribution >= 0.6 is 24.0 Å². The number of halogens is 1. The predicted molar refractivity (Wildman–Crippen MR) is 139 cm³/mol. The minimum atomic E-state index is 0. The van der Waals surface area contributed by atoms with Crippen LogP contribution in [-0.2, 0) is 9.47 Å². The summed E-state index contributed by atoms with van der Waals surface area (Å²) in [5.74, 6) is 1.07. The molecule has 0 aliphatic carbocycles. The maximum Gasteiger partial charge on any atom is 0.193 e. The fraction of sp³-hybridized carbons (Fsp3) is 0.957. The number of hydrogen-bond acceptors (Lipinski definition) is 5. The van der Waals surface area contributed by atoms with Gasteiger partial charge in [-0.15, -0.1) is 24.0 Å². The van der Waals surface area contributed by atoms with E-state index in [0.29, 0.717) is 6.10 Å². The molecule has 0 spiro atoms. The normalized spacial score (nSPS) is 24.1. The van der Waals surface area contributed by atoms with Gasteiger partial charge in [-0.05, 0) is 78.2 Å². The van der Waals surface area contributed by atoms with Gasteiger partial charge in [-0.25, -0.2) is 0 Å². The summed E-state index contributed by atoms with van der Waals surface area (Å²) in [6.45, 7) is 9.56. The Bertz CT molecular complexity index is 514. The highest BCUT2D eigenvalue weighted by Gasteiger charge is 2.40. The predicted octanol–water partition coefficient (Wildman–Crippen LogP) is 2.65. The number of piperidine rings is 3. The monoisotopic (exact) mass is 551 g/mol. The third kappa shape index (κ3) is 7.98. The standard InChI is InChI=1S/C23H45N5O2.HI/c1-24-22(27-14-8-21(9-15-27)30-19-7-18-29-3)25-20-23(10-16-26(2)17-11-23)28-12-5-4-6-13-28;/h21H,4-20H2,1-3H3,(H,24,25);1H. The van der Waals surface area contributed by atoms with E-state index in [2.05, 4.69) is 32.1 Å². The van der Waals surface area contributed by atoms with Gasteiger partial charge in [0.2, 0.25) is 0 Å². The van der Waals surface area contributed by atoms with Crippen molar-refractivity contribution in [3.8, 4) is 0 Å².